The van der Waals surface area contributed by atoms with E-state index in [-0.39, 0.29) is 0 Å². The summed E-state index contributed by atoms with van der Waals surface area (Å²) in [4.78, 5) is 4.73. The third kappa shape index (κ3) is 3.36. The van der Waals surface area contributed by atoms with Crippen molar-refractivity contribution in [1.29, 1.82) is 0 Å². The van der Waals surface area contributed by atoms with Gasteiger partial charge in [0.05, 0.1) is 5.60 Å². The summed E-state index contributed by atoms with van der Waals surface area (Å²) < 4.78 is 0. The molecular weight excluding hydrogens is 220 g/mol. The third-order valence-corrected chi connectivity index (χ3v) is 4.28. The summed E-state index contributed by atoms with van der Waals surface area (Å²) >= 11 is 1.85. The van der Waals surface area contributed by atoms with Gasteiger partial charge in [0.2, 0.25) is 0 Å². The lowest BCUT2D eigenvalue weighted by molar-refractivity contribution is -0.0457. The molecule has 0 bridgehead atoms. The smallest absolute Gasteiger partial charge is 0.0900 e. The number of hydrogen-bond acceptors (Lipinski definition) is 4. The van der Waals surface area contributed by atoms with E-state index >= 15 is 0 Å². The molecule has 1 aliphatic carbocycles. The largest absolute Gasteiger partial charge is 0.387 e. The number of likely N-dealkylation sites (tertiary alicyclic amines) is 1. The average Bonchev–Trinajstić information content (AvgIpc) is 3.00. The fraction of sp³-hybridized carbons (Fsp3) is 1.00. The van der Waals surface area contributed by atoms with Crippen molar-refractivity contribution >= 4 is 11.8 Å². The van der Waals surface area contributed by atoms with Crippen LogP contribution in [0.25, 0.3) is 0 Å². The zero-order chi connectivity index (χ0) is 11.6. The van der Waals surface area contributed by atoms with E-state index in [2.05, 4.69) is 23.1 Å². The topological polar surface area (TPSA) is 26.7 Å². The Morgan fingerprint density at radius 1 is 1.50 bits per heavy atom. The van der Waals surface area contributed by atoms with Crippen molar-refractivity contribution in [1.82, 2.24) is 9.80 Å². The number of piperidine rings is 1. The predicted molar refractivity (Wildman–Crippen MR) is 69.8 cm³/mol. The minimum Gasteiger partial charge on any atom is -0.387 e. The van der Waals surface area contributed by atoms with Gasteiger partial charge >= 0.3 is 0 Å². The van der Waals surface area contributed by atoms with Crippen LogP contribution in [0.5, 0.6) is 0 Å². The summed E-state index contributed by atoms with van der Waals surface area (Å²) in [5, 5.41) is 10.6. The van der Waals surface area contributed by atoms with Gasteiger partial charge in [-0.25, -0.2) is 0 Å². The molecule has 0 spiro atoms. The normalized spacial score (nSPS) is 32.2. The molecule has 16 heavy (non-hydrogen) atoms. The zero-order valence-corrected chi connectivity index (χ0v) is 11.3. The summed E-state index contributed by atoms with van der Waals surface area (Å²) in [7, 11) is 2.16. The first-order valence-corrected chi connectivity index (χ1v) is 7.66. The molecular formula is C12H24N2OS. The summed E-state index contributed by atoms with van der Waals surface area (Å²) in [6.07, 6.45) is 6.87. The first-order valence-electron chi connectivity index (χ1n) is 6.27. The molecule has 0 unspecified atom stereocenters. The molecule has 3 nitrogen and oxygen atoms in total. The van der Waals surface area contributed by atoms with Gasteiger partial charge in [-0.3, -0.25) is 4.90 Å². The number of thioether (sulfide) groups is 1. The highest BCUT2D eigenvalue weighted by Gasteiger charge is 2.37. The maximum atomic E-state index is 10.6. The molecule has 2 fully saturated rings. The van der Waals surface area contributed by atoms with Crippen LogP contribution in [-0.2, 0) is 0 Å². The summed E-state index contributed by atoms with van der Waals surface area (Å²) in [5.74, 6) is 1.05. The SMILES string of the molecule is CSCN1CCC[C@@](O)(CN(C)C2CC2)C1. The van der Waals surface area contributed by atoms with Gasteiger partial charge in [0, 0.05) is 25.0 Å². The standard InChI is InChI=1S/C12H24N2OS/c1-13(11-4-5-11)8-12(15)6-3-7-14(9-12)10-16-2/h11,15H,3-10H2,1-2H3/t12-/m1/s1. The van der Waals surface area contributed by atoms with Crippen LogP contribution < -0.4 is 0 Å². The molecule has 0 aromatic carbocycles. The van der Waals surface area contributed by atoms with E-state index in [1.54, 1.807) is 0 Å². The Morgan fingerprint density at radius 2 is 2.25 bits per heavy atom. The Kier molecular flexibility index (Phi) is 4.16. The second-order valence-electron chi connectivity index (χ2n) is 5.44. The van der Waals surface area contributed by atoms with Crippen molar-refractivity contribution in [2.24, 2.45) is 0 Å². The molecule has 1 saturated carbocycles. The summed E-state index contributed by atoms with van der Waals surface area (Å²) in [5.41, 5.74) is -0.467. The van der Waals surface area contributed by atoms with Crippen LogP contribution in [0, 0.1) is 0 Å². The summed E-state index contributed by atoms with van der Waals surface area (Å²) in [6.45, 7) is 2.85. The van der Waals surface area contributed by atoms with Crippen molar-refractivity contribution in [3.05, 3.63) is 0 Å². The molecule has 2 rings (SSSR count). The summed E-state index contributed by atoms with van der Waals surface area (Å²) in [6, 6.07) is 0.750. The van der Waals surface area contributed by atoms with Crippen LogP contribution in [0.4, 0.5) is 0 Å². The Balaban J connectivity index is 1.84. The lowest BCUT2D eigenvalue weighted by atomic mass is 9.92. The number of nitrogens with zero attached hydrogens (tertiary/aromatic N) is 2. The second-order valence-corrected chi connectivity index (χ2v) is 6.28. The maximum Gasteiger partial charge on any atom is 0.0900 e. The first kappa shape index (κ1) is 12.7. The molecule has 94 valence electrons. The Labute approximate surface area is 103 Å². The predicted octanol–water partition coefficient (Wildman–Crippen LogP) is 1.23. The maximum absolute atomic E-state index is 10.6. The van der Waals surface area contributed by atoms with E-state index in [0.29, 0.717) is 0 Å². The van der Waals surface area contributed by atoms with E-state index in [0.717, 1.165) is 44.4 Å². The molecule has 0 amide bonds. The van der Waals surface area contributed by atoms with Gasteiger partial charge in [-0.1, -0.05) is 0 Å². The quantitative estimate of drug-likeness (QED) is 0.787. The van der Waals surface area contributed by atoms with Gasteiger partial charge in [-0.15, -0.1) is 11.8 Å². The minimum absolute atomic E-state index is 0.467. The molecule has 2 aliphatic rings. The highest BCUT2D eigenvalue weighted by atomic mass is 32.2. The Morgan fingerprint density at radius 3 is 2.88 bits per heavy atom. The van der Waals surface area contributed by atoms with Gasteiger partial charge in [-0.2, -0.15) is 0 Å². The van der Waals surface area contributed by atoms with Crippen LogP contribution in [0.15, 0.2) is 0 Å². The zero-order valence-electron chi connectivity index (χ0n) is 10.5. The molecule has 4 heteroatoms. The van der Waals surface area contributed by atoms with Gasteiger partial charge in [0.1, 0.15) is 0 Å². The number of β-amino-alcohol motifs (C(OH)–C–C–N with tert-alkyl or cyclic N) is 1. The van der Waals surface area contributed by atoms with Crippen molar-refractivity contribution in [3.63, 3.8) is 0 Å². The first-order chi connectivity index (χ1) is 7.63. The highest BCUT2D eigenvalue weighted by molar-refractivity contribution is 7.98. The lowest BCUT2D eigenvalue weighted by Gasteiger charge is -2.41. The van der Waals surface area contributed by atoms with Crippen molar-refractivity contribution in [2.75, 3.05) is 38.8 Å². The third-order valence-electron chi connectivity index (χ3n) is 3.66. The monoisotopic (exact) mass is 244 g/mol. The number of likely N-dealkylation sites (N-methyl/N-ethyl adjacent to an activating group) is 1. The molecule has 1 aliphatic heterocycles. The van der Waals surface area contributed by atoms with E-state index in [4.69, 9.17) is 0 Å². The molecule has 0 aromatic rings. The van der Waals surface area contributed by atoms with Crippen LogP contribution in [-0.4, -0.2) is 65.4 Å². The van der Waals surface area contributed by atoms with E-state index in [1.165, 1.54) is 12.8 Å². The fourth-order valence-corrected chi connectivity index (χ4v) is 3.32. The molecule has 0 aromatic heterocycles. The Hall–Kier alpha value is 0.230. The molecule has 1 saturated heterocycles. The second kappa shape index (κ2) is 5.25. The number of aliphatic hydroxyl groups is 1. The fourth-order valence-electron chi connectivity index (χ4n) is 2.74. The minimum atomic E-state index is -0.467. The van der Waals surface area contributed by atoms with Crippen LogP contribution in [0.1, 0.15) is 25.7 Å². The van der Waals surface area contributed by atoms with E-state index < -0.39 is 5.60 Å². The van der Waals surface area contributed by atoms with Gasteiger partial charge < -0.3 is 10.0 Å². The average molecular weight is 244 g/mol. The lowest BCUT2D eigenvalue weighted by Crippen LogP contribution is -2.53. The van der Waals surface area contributed by atoms with Crippen molar-refractivity contribution in [2.45, 2.75) is 37.3 Å². The molecule has 1 N–H and O–H groups in total. The highest BCUT2D eigenvalue weighted by Crippen LogP contribution is 2.29. The van der Waals surface area contributed by atoms with Crippen LogP contribution in [0.2, 0.25) is 0 Å². The van der Waals surface area contributed by atoms with Gasteiger partial charge in [-0.05, 0) is 45.5 Å². The molecule has 1 atom stereocenters. The number of rotatable bonds is 5. The Bertz CT molecular complexity index is 233. The molecule has 1 heterocycles. The number of hydrogen-bond donors (Lipinski definition) is 1. The van der Waals surface area contributed by atoms with E-state index in [1.807, 2.05) is 11.8 Å². The van der Waals surface area contributed by atoms with Crippen LogP contribution in [0.3, 0.4) is 0 Å². The molecule has 0 radical (unpaired) electrons. The van der Waals surface area contributed by atoms with Crippen LogP contribution >= 0.6 is 11.8 Å². The van der Waals surface area contributed by atoms with Crippen molar-refractivity contribution < 1.29 is 5.11 Å². The van der Waals surface area contributed by atoms with Gasteiger partial charge in [0.15, 0.2) is 0 Å². The van der Waals surface area contributed by atoms with Crippen molar-refractivity contribution in [3.8, 4) is 0 Å². The van der Waals surface area contributed by atoms with Gasteiger partial charge in [0.25, 0.3) is 0 Å². The van der Waals surface area contributed by atoms with E-state index in [9.17, 15) is 5.11 Å².